The largest absolute Gasteiger partial charge is 0.462 e. The van der Waals surface area contributed by atoms with Crippen molar-refractivity contribution in [2.75, 3.05) is 13.2 Å². The van der Waals surface area contributed by atoms with Crippen molar-refractivity contribution in [2.24, 2.45) is 0 Å². The standard InChI is InChI=1S/C66H126O6/c1-4-7-10-13-16-19-22-25-28-31-32-33-34-36-38-41-44-47-50-53-56-59-65(68)71-62-63(61-70-64(67)58-55-52-49-46-43-40-37-30-27-24-21-18-15-12-9-6-3)72-66(69)60-57-54-51-48-45-42-39-35-29-26-23-20-17-14-11-8-5-2/h26,29,63H,4-25,27-28,30-62H2,1-3H3/b29-26-. The highest BCUT2D eigenvalue weighted by atomic mass is 16.6. The van der Waals surface area contributed by atoms with E-state index in [9.17, 15) is 14.4 Å². The smallest absolute Gasteiger partial charge is 0.306 e. The zero-order valence-electron chi connectivity index (χ0n) is 49.0. The van der Waals surface area contributed by atoms with Gasteiger partial charge in [0.2, 0.25) is 0 Å². The van der Waals surface area contributed by atoms with Gasteiger partial charge in [0.15, 0.2) is 6.10 Å². The first-order chi connectivity index (χ1) is 35.5. The van der Waals surface area contributed by atoms with E-state index >= 15 is 0 Å². The molecule has 6 heteroatoms. The van der Waals surface area contributed by atoms with Crippen molar-refractivity contribution >= 4 is 17.9 Å². The van der Waals surface area contributed by atoms with Crippen molar-refractivity contribution in [2.45, 2.75) is 380 Å². The fourth-order valence-electron chi connectivity index (χ4n) is 10.1. The molecule has 0 aromatic heterocycles. The second kappa shape index (κ2) is 61.7. The van der Waals surface area contributed by atoms with Crippen LogP contribution < -0.4 is 0 Å². The molecule has 0 heterocycles. The summed E-state index contributed by atoms with van der Waals surface area (Å²) in [4.78, 5) is 38.3. The summed E-state index contributed by atoms with van der Waals surface area (Å²) in [5, 5.41) is 0. The highest BCUT2D eigenvalue weighted by Crippen LogP contribution is 2.18. The molecule has 0 rings (SSSR count). The Morgan fingerprint density at radius 2 is 0.458 bits per heavy atom. The van der Waals surface area contributed by atoms with Gasteiger partial charge in [-0.3, -0.25) is 14.4 Å². The Balaban J connectivity index is 4.28. The fourth-order valence-corrected chi connectivity index (χ4v) is 10.1. The second-order valence-corrected chi connectivity index (χ2v) is 22.4. The van der Waals surface area contributed by atoms with E-state index in [0.29, 0.717) is 19.3 Å². The Kier molecular flexibility index (Phi) is 60.1. The molecule has 0 amide bonds. The van der Waals surface area contributed by atoms with Crippen molar-refractivity contribution in [3.8, 4) is 0 Å². The van der Waals surface area contributed by atoms with Crippen LogP contribution in [0.1, 0.15) is 374 Å². The number of unbranched alkanes of at least 4 members (excludes halogenated alkanes) is 48. The molecule has 0 bridgehead atoms. The Morgan fingerprint density at radius 3 is 0.694 bits per heavy atom. The van der Waals surface area contributed by atoms with Crippen LogP contribution in [0.5, 0.6) is 0 Å². The van der Waals surface area contributed by atoms with Gasteiger partial charge in [0.25, 0.3) is 0 Å². The molecular formula is C66H126O6. The van der Waals surface area contributed by atoms with E-state index in [0.717, 1.165) is 57.8 Å². The summed E-state index contributed by atoms with van der Waals surface area (Å²) < 4.78 is 17.0. The van der Waals surface area contributed by atoms with E-state index < -0.39 is 6.10 Å². The van der Waals surface area contributed by atoms with Gasteiger partial charge in [0.1, 0.15) is 13.2 Å². The lowest BCUT2D eigenvalue weighted by atomic mass is 10.0. The van der Waals surface area contributed by atoms with Crippen LogP contribution in [0.25, 0.3) is 0 Å². The van der Waals surface area contributed by atoms with Gasteiger partial charge in [-0.2, -0.15) is 0 Å². The molecule has 0 radical (unpaired) electrons. The number of carbonyl (C=O) groups excluding carboxylic acids is 3. The molecule has 1 atom stereocenters. The van der Waals surface area contributed by atoms with Gasteiger partial charge in [-0.05, 0) is 44.9 Å². The van der Waals surface area contributed by atoms with Gasteiger partial charge in [-0.1, -0.05) is 322 Å². The summed E-state index contributed by atoms with van der Waals surface area (Å²) in [7, 11) is 0. The van der Waals surface area contributed by atoms with E-state index in [-0.39, 0.29) is 31.1 Å². The van der Waals surface area contributed by atoms with Crippen LogP contribution in [0.3, 0.4) is 0 Å². The molecule has 6 nitrogen and oxygen atoms in total. The molecule has 0 fully saturated rings. The Labute approximate surface area is 450 Å². The van der Waals surface area contributed by atoms with Crippen molar-refractivity contribution in [1.29, 1.82) is 0 Å². The molecule has 0 saturated carbocycles. The number of hydrogen-bond donors (Lipinski definition) is 0. The van der Waals surface area contributed by atoms with E-state index in [1.807, 2.05) is 0 Å². The minimum absolute atomic E-state index is 0.0651. The zero-order chi connectivity index (χ0) is 52.2. The fraction of sp³-hybridized carbons (Fsp3) is 0.924. The summed E-state index contributed by atoms with van der Waals surface area (Å²) in [6, 6.07) is 0. The van der Waals surface area contributed by atoms with Gasteiger partial charge in [0.05, 0.1) is 0 Å². The SMILES string of the molecule is CCCCCCCC/C=C\CCCCCCCCCC(=O)OC(COC(=O)CCCCCCCCCCCCCCCCCC)COC(=O)CCCCCCCCCCCCCCCCCCCCCCC. The van der Waals surface area contributed by atoms with Gasteiger partial charge in [-0.15, -0.1) is 0 Å². The average Bonchev–Trinajstić information content (AvgIpc) is 3.38. The molecule has 0 spiro atoms. The lowest BCUT2D eigenvalue weighted by molar-refractivity contribution is -0.167. The predicted molar refractivity (Wildman–Crippen MR) is 312 cm³/mol. The number of esters is 3. The van der Waals surface area contributed by atoms with E-state index in [1.165, 1.54) is 276 Å². The van der Waals surface area contributed by atoms with Gasteiger partial charge in [0, 0.05) is 19.3 Å². The maximum Gasteiger partial charge on any atom is 0.306 e. The lowest BCUT2D eigenvalue weighted by Crippen LogP contribution is -2.30. The first-order valence-corrected chi connectivity index (χ1v) is 32.7. The topological polar surface area (TPSA) is 78.9 Å². The molecule has 1 unspecified atom stereocenters. The van der Waals surface area contributed by atoms with Gasteiger partial charge >= 0.3 is 17.9 Å². The van der Waals surface area contributed by atoms with Crippen molar-refractivity contribution in [3.05, 3.63) is 12.2 Å². The van der Waals surface area contributed by atoms with Crippen molar-refractivity contribution < 1.29 is 28.6 Å². The first-order valence-electron chi connectivity index (χ1n) is 32.7. The Morgan fingerprint density at radius 1 is 0.264 bits per heavy atom. The molecule has 0 N–H and O–H groups in total. The van der Waals surface area contributed by atoms with E-state index in [4.69, 9.17) is 14.2 Å². The summed E-state index contributed by atoms with van der Waals surface area (Å²) in [6.45, 7) is 6.72. The minimum Gasteiger partial charge on any atom is -0.462 e. The second-order valence-electron chi connectivity index (χ2n) is 22.4. The Bertz CT molecular complexity index is 1120. The van der Waals surface area contributed by atoms with Crippen LogP contribution in [0.2, 0.25) is 0 Å². The van der Waals surface area contributed by atoms with Crippen LogP contribution in [0.4, 0.5) is 0 Å². The summed E-state index contributed by atoms with van der Waals surface area (Å²) in [6.07, 6.45) is 72.2. The molecule has 0 saturated heterocycles. The van der Waals surface area contributed by atoms with Crippen LogP contribution in [0, 0.1) is 0 Å². The van der Waals surface area contributed by atoms with Crippen LogP contribution in [-0.2, 0) is 28.6 Å². The number of allylic oxidation sites excluding steroid dienone is 2. The Hall–Kier alpha value is -1.85. The molecule has 0 aliphatic heterocycles. The van der Waals surface area contributed by atoms with Crippen LogP contribution in [-0.4, -0.2) is 37.2 Å². The van der Waals surface area contributed by atoms with Crippen LogP contribution >= 0.6 is 0 Å². The van der Waals surface area contributed by atoms with Gasteiger partial charge in [-0.25, -0.2) is 0 Å². The third-order valence-electron chi connectivity index (χ3n) is 15.0. The van der Waals surface area contributed by atoms with E-state index in [2.05, 4.69) is 32.9 Å². The molecule has 426 valence electrons. The number of carbonyl (C=O) groups is 3. The molecule has 0 aliphatic carbocycles. The third kappa shape index (κ3) is 59.0. The first kappa shape index (κ1) is 70.1. The lowest BCUT2D eigenvalue weighted by Gasteiger charge is -2.18. The molecular weight excluding hydrogens is 889 g/mol. The van der Waals surface area contributed by atoms with E-state index in [1.54, 1.807) is 0 Å². The number of rotatable bonds is 61. The summed E-state index contributed by atoms with van der Waals surface area (Å²) in [5.74, 6) is -0.837. The van der Waals surface area contributed by atoms with Gasteiger partial charge < -0.3 is 14.2 Å². The zero-order valence-corrected chi connectivity index (χ0v) is 49.0. The third-order valence-corrected chi connectivity index (χ3v) is 15.0. The molecule has 0 aliphatic rings. The highest BCUT2D eigenvalue weighted by molar-refractivity contribution is 5.71. The number of hydrogen-bond acceptors (Lipinski definition) is 6. The highest BCUT2D eigenvalue weighted by Gasteiger charge is 2.19. The maximum atomic E-state index is 12.9. The minimum atomic E-state index is -0.768. The van der Waals surface area contributed by atoms with Crippen molar-refractivity contribution in [1.82, 2.24) is 0 Å². The summed E-state index contributed by atoms with van der Waals surface area (Å²) >= 11 is 0. The maximum absolute atomic E-state index is 12.9. The van der Waals surface area contributed by atoms with Crippen LogP contribution in [0.15, 0.2) is 12.2 Å². The quantitative estimate of drug-likeness (QED) is 0.0261. The predicted octanol–water partition coefficient (Wildman–Crippen LogP) is 22.1. The molecule has 0 aromatic carbocycles. The van der Waals surface area contributed by atoms with Crippen molar-refractivity contribution in [3.63, 3.8) is 0 Å². The molecule has 72 heavy (non-hydrogen) atoms. The normalized spacial score (nSPS) is 12.0. The molecule has 0 aromatic rings. The number of ether oxygens (including phenoxy) is 3. The summed E-state index contributed by atoms with van der Waals surface area (Å²) in [5.41, 5.74) is 0. The average molecular weight is 1020 g/mol. The monoisotopic (exact) mass is 1010 g/mol.